The van der Waals surface area contributed by atoms with Gasteiger partial charge < -0.3 is 4.84 Å². The van der Waals surface area contributed by atoms with Gasteiger partial charge in [0.05, 0.1) is 11.3 Å². The molecule has 1 fully saturated rings. The third kappa shape index (κ3) is 2.99. The minimum Gasteiger partial charge on any atom is -0.313 e. The molecular formula is C17H14FNO2. The predicted molar refractivity (Wildman–Crippen MR) is 77.7 cm³/mol. The molecule has 2 aromatic carbocycles. The topological polar surface area (TPSA) is 38.7 Å². The average Bonchev–Trinajstić information content (AvgIpc) is 2.47. The summed E-state index contributed by atoms with van der Waals surface area (Å²) < 4.78 is 13.4. The van der Waals surface area contributed by atoms with Crippen molar-refractivity contribution in [3.8, 4) is 0 Å². The second-order valence-electron chi connectivity index (χ2n) is 5.03. The molecule has 0 aliphatic heterocycles. The Kier molecular flexibility index (Phi) is 3.77. The van der Waals surface area contributed by atoms with Gasteiger partial charge in [-0.05, 0) is 36.5 Å². The van der Waals surface area contributed by atoms with Gasteiger partial charge in [-0.3, -0.25) is 0 Å². The molecule has 3 rings (SSSR count). The smallest absolute Gasteiger partial charge is 0.313 e. The van der Waals surface area contributed by atoms with Crippen LogP contribution in [-0.2, 0) is 4.84 Å². The molecule has 21 heavy (non-hydrogen) atoms. The van der Waals surface area contributed by atoms with E-state index in [-0.39, 0.29) is 5.56 Å². The van der Waals surface area contributed by atoms with Crippen molar-refractivity contribution in [3.63, 3.8) is 0 Å². The van der Waals surface area contributed by atoms with Crippen molar-refractivity contribution in [1.82, 2.24) is 0 Å². The van der Waals surface area contributed by atoms with Crippen LogP contribution in [0.3, 0.4) is 0 Å². The second-order valence-corrected chi connectivity index (χ2v) is 5.03. The molecule has 0 atom stereocenters. The number of oxime groups is 1. The highest BCUT2D eigenvalue weighted by atomic mass is 19.1. The molecule has 0 heterocycles. The zero-order valence-electron chi connectivity index (χ0n) is 11.3. The summed E-state index contributed by atoms with van der Waals surface area (Å²) in [4.78, 5) is 16.5. The SMILES string of the molecule is O=C(ON=C1CC(c2ccccc2)C1)c1ccccc1F. The largest absolute Gasteiger partial charge is 0.368 e. The van der Waals surface area contributed by atoms with Crippen LogP contribution in [0.1, 0.15) is 34.7 Å². The molecule has 0 N–H and O–H groups in total. The van der Waals surface area contributed by atoms with E-state index in [1.54, 1.807) is 6.07 Å². The highest BCUT2D eigenvalue weighted by Gasteiger charge is 2.27. The standard InChI is InChI=1S/C17H14FNO2/c18-16-9-5-4-8-15(16)17(20)21-19-14-10-13(11-14)12-6-2-1-3-7-12/h1-9,13H,10-11H2. The van der Waals surface area contributed by atoms with Crippen LogP contribution < -0.4 is 0 Å². The molecule has 4 heteroatoms. The van der Waals surface area contributed by atoms with Crippen LogP contribution in [-0.4, -0.2) is 11.7 Å². The predicted octanol–water partition coefficient (Wildman–Crippen LogP) is 3.92. The van der Waals surface area contributed by atoms with E-state index in [1.807, 2.05) is 18.2 Å². The molecule has 0 aromatic heterocycles. The van der Waals surface area contributed by atoms with Gasteiger partial charge in [0, 0.05) is 0 Å². The van der Waals surface area contributed by atoms with Crippen LogP contribution in [0.25, 0.3) is 0 Å². The number of hydrogen-bond donors (Lipinski definition) is 0. The summed E-state index contributed by atoms with van der Waals surface area (Å²) >= 11 is 0. The van der Waals surface area contributed by atoms with Gasteiger partial charge in [-0.2, -0.15) is 0 Å². The Hall–Kier alpha value is -2.49. The first-order valence-electron chi connectivity index (χ1n) is 6.80. The fourth-order valence-electron chi connectivity index (χ4n) is 2.33. The minimum absolute atomic E-state index is 0.0965. The Morgan fingerprint density at radius 3 is 2.43 bits per heavy atom. The highest BCUT2D eigenvalue weighted by Crippen LogP contribution is 2.34. The average molecular weight is 283 g/mol. The van der Waals surface area contributed by atoms with Crippen molar-refractivity contribution < 1.29 is 14.0 Å². The molecule has 0 bridgehead atoms. The minimum atomic E-state index is -0.760. The highest BCUT2D eigenvalue weighted by molar-refractivity contribution is 5.93. The van der Waals surface area contributed by atoms with Gasteiger partial charge >= 0.3 is 5.97 Å². The molecule has 1 aliphatic rings. The normalized spacial score (nSPS) is 17.0. The third-order valence-electron chi connectivity index (χ3n) is 3.59. The number of carbonyl (C=O) groups excluding carboxylic acids is 1. The molecule has 3 nitrogen and oxygen atoms in total. The van der Waals surface area contributed by atoms with Crippen molar-refractivity contribution in [3.05, 3.63) is 71.5 Å². The first-order valence-corrected chi connectivity index (χ1v) is 6.80. The number of benzene rings is 2. The summed E-state index contributed by atoms with van der Waals surface area (Å²) in [5.41, 5.74) is 1.99. The summed E-state index contributed by atoms with van der Waals surface area (Å²) in [6, 6.07) is 15.8. The molecule has 0 unspecified atom stereocenters. The quantitative estimate of drug-likeness (QED) is 0.632. The molecule has 1 saturated carbocycles. The summed E-state index contributed by atoms with van der Waals surface area (Å²) in [5, 5.41) is 3.82. The van der Waals surface area contributed by atoms with Crippen molar-refractivity contribution in [1.29, 1.82) is 0 Å². The van der Waals surface area contributed by atoms with Crippen LogP contribution in [0, 0.1) is 5.82 Å². The first-order chi connectivity index (χ1) is 10.2. The van der Waals surface area contributed by atoms with E-state index in [0.717, 1.165) is 18.6 Å². The summed E-state index contributed by atoms with van der Waals surface area (Å²) in [6.45, 7) is 0. The molecule has 0 radical (unpaired) electrons. The van der Waals surface area contributed by atoms with Crippen LogP contribution in [0.5, 0.6) is 0 Å². The lowest BCUT2D eigenvalue weighted by Gasteiger charge is -2.27. The van der Waals surface area contributed by atoms with Crippen molar-refractivity contribution in [2.45, 2.75) is 18.8 Å². The van der Waals surface area contributed by atoms with Crippen LogP contribution in [0.15, 0.2) is 59.8 Å². The van der Waals surface area contributed by atoms with Crippen molar-refractivity contribution >= 4 is 11.7 Å². The van der Waals surface area contributed by atoms with Gasteiger partial charge in [-0.25, -0.2) is 9.18 Å². The monoisotopic (exact) mass is 283 g/mol. The summed E-state index contributed by atoms with van der Waals surface area (Å²) in [6.07, 6.45) is 1.54. The zero-order valence-corrected chi connectivity index (χ0v) is 11.3. The Labute approximate surface area is 122 Å². The van der Waals surface area contributed by atoms with Gasteiger partial charge in [-0.15, -0.1) is 0 Å². The molecule has 0 spiro atoms. The number of carbonyl (C=O) groups is 1. The fraction of sp³-hybridized carbons (Fsp3) is 0.176. The Bertz CT molecular complexity index is 674. The van der Waals surface area contributed by atoms with Gasteiger partial charge in [0.2, 0.25) is 0 Å². The van der Waals surface area contributed by atoms with Gasteiger partial charge in [-0.1, -0.05) is 47.6 Å². The fourth-order valence-corrected chi connectivity index (χ4v) is 2.33. The second kappa shape index (κ2) is 5.87. The molecular weight excluding hydrogens is 269 g/mol. The van der Waals surface area contributed by atoms with E-state index in [0.29, 0.717) is 5.92 Å². The lowest BCUT2D eigenvalue weighted by atomic mass is 9.78. The lowest BCUT2D eigenvalue weighted by molar-refractivity contribution is 0.0506. The lowest BCUT2D eigenvalue weighted by Crippen LogP contribution is -2.22. The number of hydrogen-bond acceptors (Lipinski definition) is 3. The first kappa shape index (κ1) is 13.5. The summed E-state index contributed by atoms with van der Waals surface area (Å²) in [7, 11) is 0. The van der Waals surface area contributed by atoms with E-state index < -0.39 is 11.8 Å². The van der Waals surface area contributed by atoms with E-state index in [1.165, 1.54) is 23.8 Å². The molecule has 1 aliphatic carbocycles. The van der Waals surface area contributed by atoms with Crippen LogP contribution in [0.4, 0.5) is 4.39 Å². The third-order valence-corrected chi connectivity index (χ3v) is 3.59. The van der Waals surface area contributed by atoms with Crippen LogP contribution >= 0.6 is 0 Å². The van der Waals surface area contributed by atoms with E-state index in [2.05, 4.69) is 17.3 Å². The van der Waals surface area contributed by atoms with E-state index in [9.17, 15) is 9.18 Å². The maximum Gasteiger partial charge on any atom is 0.368 e. The van der Waals surface area contributed by atoms with E-state index >= 15 is 0 Å². The van der Waals surface area contributed by atoms with Crippen LogP contribution in [0.2, 0.25) is 0 Å². The maximum atomic E-state index is 13.4. The molecule has 0 amide bonds. The number of halogens is 1. The summed E-state index contributed by atoms with van der Waals surface area (Å²) in [5.74, 6) is -0.931. The maximum absolute atomic E-state index is 13.4. The van der Waals surface area contributed by atoms with Crippen molar-refractivity contribution in [2.75, 3.05) is 0 Å². The zero-order chi connectivity index (χ0) is 14.7. The Morgan fingerprint density at radius 1 is 1.05 bits per heavy atom. The molecule has 0 saturated heterocycles. The van der Waals surface area contributed by atoms with Gasteiger partial charge in [0.1, 0.15) is 5.82 Å². The molecule has 2 aromatic rings. The van der Waals surface area contributed by atoms with E-state index in [4.69, 9.17) is 4.84 Å². The van der Waals surface area contributed by atoms with Crippen molar-refractivity contribution in [2.24, 2.45) is 5.16 Å². The van der Waals surface area contributed by atoms with Gasteiger partial charge in [0.25, 0.3) is 0 Å². The Balaban J connectivity index is 1.57. The van der Waals surface area contributed by atoms with Gasteiger partial charge in [0.15, 0.2) is 0 Å². The molecule has 106 valence electrons. The number of nitrogens with zero attached hydrogens (tertiary/aromatic N) is 1. The number of rotatable bonds is 3. The Morgan fingerprint density at radius 2 is 1.71 bits per heavy atom.